The molecule has 0 aliphatic rings. The van der Waals surface area contributed by atoms with E-state index in [1.807, 2.05) is 24.3 Å². The molecule has 86 valence electrons. The molecule has 0 spiro atoms. The van der Waals surface area contributed by atoms with Gasteiger partial charge in [-0.1, -0.05) is 24.3 Å². The molecule has 0 unspecified atom stereocenters. The zero-order valence-electron chi connectivity index (χ0n) is 9.45. The summed E-state index contributed by atoms with van der Waals surface area (Å²) in [4.78, 5) is 26.6. The zero-order valence-corrected chi connectivity index (χ0v) is 9.45. The lowest BCUT2D eigenvalue weighted by Gasteiger charge is -2.03. The van der Waals surface area contributed by atoms with Crippen molar-refractivity contribution in [2.24, 2.45) is 0 Å². The van der Waals surface area contributed by atoms with Gasteiger partial charge in [-0.15, -0.1) is 0 Å². The number of hydrogen-bond donors (Lipinski definition) is 1. The van der Waals surface area contributed by atoms with Crippen LogP contribution < -0.4 is 5.48 Å². The molecule has 0 aliphatic carbocycles. The van der Waals surface area contributed by atoms with Crippen molar-refractivity contribution in [1.29, 1.82) is 0 Å². The van der Waals surface area contributed by atoms with Crippen LogP contribution in [-0.2, 0) is 27.3 Å². The Morgan fingerprint density at radius 3 is 2.06 bits per heavy atom. The van der Waals surface area contributed by atoms with E-state index in [2.05, 4.69) is 10.3 Å². The van der Waals surface area contributed by atoms with Gasteiger partial charge < -0.3 is 0 Å². The third-order valence-electron chi connectivity index (χ3n) is 2.06. The van der Waals surface area contributed by atoms with Gasteiger partial charge in [0.05, 0.1) is 13.5 Å². The van der Waals surface area contributed by atoms with Gasteiger partial charge in [-0.05, 0) is 18.1 Å². The first-order valence-electron chi connectivity index (χ1n) is 5.01. The highest BCUT2D eigenvalue weighted by Crippen LogP contribution is 2.06. The maximum absolute atomic E-state index is 11.2. The van der Waals surface area contributed by atoms with Crippen LogP contribution in [0.1, 0.15) is 18.1 Å². The number of rotatable bonds is 5. The molecule has 1 amide bonds. The average molecular weight is 221 g/mol. The van der Waals surface area contributed by atoms with E-state index in [4.69, 9.17) is 0 Å². The average Bonchev–Trinajstić information content (AvgIpc) is 2.20. The minimum Gasteiger partial charge on any atom is -0.300 e. The summed E-state index contributed by atoms with van der Waals surface area (Å²) in [5.74, 6) is -0.0632. The van der Waals surface area contributed by atoms with E-state index in [1.54, 1.807) is 6.92 Å². The second-order valence-corrected chi connectivity index (χ2v) is 3.60. The molecule has 16 heavy (non-hydrogen) atoms. The fourth-order valence-electron chi connectivity index (χ4n) is 1.40. The van der Waals surface area contributed by atoms with Crippen LogP contribution in [0, 0.1) is 0 Å². The van der Waals surface area contributed by atoms with Gasteiger partial charge in [0.25, 0.3) is 0 Å². The summed E-state index contributed by atoms with van der Waals surface area (Å²) in [7, 11) is 1.40. The van der Waals surface area contributed by atoms with Gasteiger partial charge >= 0.3 is 0 Å². The van der Waals surface area contributed by atoms with Crippen molar-refractivity contribution in [3.8, 4) is 0 Å². The Labute approximate surface area is 94.6 Å². The number of carbonyl (C=O) groups excluding carboxylic acids is 2. The first-order chi connectivity index (χ1) is 7.61. The van der Waals surface area contributed by atoms with Crippen molar-refractivity contribution in [3.05, 3.63) is 35.4 Å². The van der Waals surface area contributed by atoms with Crippen LogP contribution in [0.5, 0.6) is 0 Å². The monoisotopic (exact) mass is 221 g/mol. The standard InChI is InChI=1S/C12H15NO3/c1-9(14)7-10-3-5-11(6-4-10)8-12(15)13-16-2/h3-6H,7-8H2,1-2H3,(H,13,15). The molecule has 0 heterocycles. The summed E-state index contributed by atoms with van der Waals surface area (Å²) < 4.78 is 0. The van der Waals surface area contributed by atoms with Crippen LogP contribution in [0.15, 0.2) is 24.3 Å². The first kappa shape index (κ1) is 12.4. The molecule has 4 nitrogen and oxygen atoms in total. The fourth-order valence-corrected chi connectivity index (χ4v) is 1.40. The molecule has 0 aromatic heterocycles. The third-order valence-corrected chi connectivity index (χ3v) is 2.06. The smallest absolute Gasteiger partial charge is 0.247 e. The molecule has 1 aromatic carbocycles. The van der Waals surface area contributed by atoms with E-state index in [9.17, 15) is 9.59 Å². The van der Waals surface area contributed by atoms with Crippen molar-refractivity contribution in [1.82, 2.24) is 5.48 Å². The molecule has 0 atom stereocenters. The van der Waals surface area contributed by atoms with Crippen molar-refractivity contribution in [3.63, 3.8) is 0 Å². The molecule has 0 saturated carbocycles. The van der Waals surface area contributed by atoms with Gasteiger partial charge in [0.15, 0.2) is 0 Å². The Hall–Kier alpha value is -1.68. The van der Waals surface area contributed by atoms with E-state index in [0.29, 0.717) is 6.42 Å². The van der Waals surface area contributed by atoms with E-state index >= 15 is 0 Å². The maximum atomic E-state index is 11.2. The molecule has 0 aliphatic heterocycles. The second kappa shape index (κ2) is 6.02. The number of carbonyl (C=O) groups is 2. The molecule has 0 bridgehead atoms. The number of benzene rings is 1. The lowest BCUT2D eigenvalue weighted by atomic mass is 10.1. The highest BCUT2D eigenvalue weighted by Gasteiger charge is 2.03. The number of hydroxylamine groups is 1. The van der Waals surface area contributed by atoms with Crippen LogP contribution in [0.3, 0.4) is 0 Å². The predicted octanol–water partition coefficient (Wildman–Crippen LogP) is 1.04. The summed E-state index contributed by atoms with van der Waals surface area (Å²) in [6, 6.07) is 7.40. The van der Waals surface area contributed by atoms with Crippen LogP contribution in [0.25, 0.3) is 0 Å². The Balaban J connectivity index is 2.57. The topological polar surface area (TPSA) is 55.4 Å². The molecule has 1 aromatic rings. The number of amides is 1. The summed E-state index contributed by atoms with van der Waals surface area (Å²) in [6.45, 7) is 1.56. The van der Waals surface area contributed by atoms with Crippen molar-refractivity contribution < 1.29 is 14.4 Å². The van der Waals surface area contributed by atoms with Gasteiger partial charge in [-0.2, -0.15) is 0 Å². The Morgan fingerprint density at radius 2 is 1.62 bits per heavy atom. The summed E-state index contributed by atoms with van der Waals surface area (Å²) in [6.07, 6.45) is 0.707. The van der Waals surface area contributed by atoms with Crippen LogP contribution in [-0.4, -0.2) is 18.8 Å². The third kappa shape index (κ3) is 4.23. The molecule has 4 heteroatoms. The second-order valence-electron chi connectivity index (χ2n) is 3.60. The summed E-state index contributed by atoms with van der Waals surface area (Å²) >= 11 is 0. The molecular formula is C12H15NO3. The maximum Gasteiger partial charge on any atom is 0.247 e. The predicted molar refractivity (Wildman–Crippen MR) is 59.7 cm³/mol. The van der Waals surface area contributed by atoms with E-state index < -0.39 is 0 Å². The van der Waals surface area contributed by atoms with Gasteiger partial charge in [-0.3, -0.25) is 14.4 Å². The van der Waals surface area contributed by atoms with E-state index in [-0.39, 0.29) is 18.1 Å². The van der Waals surface area contributed by atoms with Crippen LogP contribution in [0.4, 0.5) is 0 Å². The van der Waals surface area contributed by atoms with E-state index in [0.717, 1.165) is 11.1 Å². The minimum absolute atomic E-state index is 0.130. The Morgan fingerprint density at radius 1 is 1.12 bits per heavy atom. The first-order valence-corrected chi connectivity index (χ1v) is 5.01. The quantitative estimate of drug-likeness (QED) is 0.756. The SMILES string of the molecule is CONC(=O)Cc1ccc(CC(C)=O)cc1. The molecule has 0 radical (unpaired) electrons. The highest BCUT2D eigenvalue weighted by molar-refractivity contribution is 5.79. The Bertz CT molecular complexity index is 370. The van der Waals surface area contributed by atoms with Gasteiger partial charge in [0.2, 0.25) is 5.91 Å². The molecule has 0 fully saturated rings. The largest absolute Gasteiger partial charge is 0.300 e. The number of Topliss-reactive ketones (excluding diaryl/α,β-unsaturated/α-hetero) is 1. The number of ketones is 1. The summed E-state index contributed by atoms with van der Waals surface area (Å²) in [5.41, 5.74) is 4.10. The number of nitrogens with one attached hydrogen (secondary N) is 1. The van der Waals surface area contributed by atoms with Crippen molar-refractivity contribution in [2.45, 2.75) is 19.8 Å². The molecule has 0 saturated heterocycles. The van der Waals surface area contributed by atoms with E-state index in [1.165, 1.54) is 7.11 Å². The zero-order chi connectivity index (χ0) is 12.0. The summed E-state index contributed by atoms with van der Waals surface area (Å²) in [5, 5.41) is 0. The molecule has 1 rings (SSSR count). The molecular weight excluding hydrogens is 206 g/mol. The lowest BCUT2D eigenvalue weighted by molar-refractivity contribution is -0.130. The highest BCUT2D eigenvalue weighted by atomic mass is 16.6. The van der Waals surface area contributed by atoms with Crippen molar-refractivity contribution in [2.75, 3.05) is 7.11 Å². The van der Waals surface area contributed by atoms with Gasteiger partial charge in [-0.25, -0.2) is 5.48 Å². The minimum atomic E-state index is -0.193. The fraction of sp³-hybridized carbons (Fsp3) is 0.333. The van der Waals surface area contributed by atoms with Gasteiger partial charge in [0, 0.05) is 6.42 Å². The Kier molecular flexibility index (Phi) is 4.66. The van der Waals surface area contributed by atoms with Crippen LogP contribution >= 0.6 is 0 Å². The van der Waals surface area contributed by atoms with Crippen LogP contribution in [0.2, 0.25) is 0 Å². The van der Waals surface area contributed by atoms with Crippen molar-refractivity contribution >= 4 is 11.7 Å². The normalized spacial score (nSPS) is 9.88. The van der Waals surface area contributed by atoms with Gasteiger partial charge in [0.1, 0.15) is 5.78 Å². The number of hydrogen-bond acceptors (Lipinski definition) is 3. The lowest BCUT2D eigenvalue weighted by Crippen LogP contribution is -2.23. The molecule has 1 N–H and O–H groups in total.